The highest BCUT2D eigenvalue weighted by molar-refractivity contribution is 6.33. The van der Waals surface area contributed by atoms with Crippen molar-refractivity contribution in [3.8, 4) is 0 Å². The summed E-state index contributed by atoms with van der Waals surface area (Å²) < 4.78 is 0. The number of anilines is 2. The second-order valence-corrected chi connectivity index (χ2v) is 5.94. The fourth-order valence-electron chi connectivity index (χ4n) is 2.19. The van der Waals surface area contributed by atoms with Crippen LogP contribution in [0.1, 0.15) is 12.5 Å². The molecule has 0 saturated carbocycles. The van der Waals surface area contributed by atoms with E-state index in [1.807, 2.05) is 74.4 Å². The van der Waals surface area contributed by atoms with Crippen molar-refractivity contribution in [1.82, 2.24) is 0 Å². The molecule has 21 heavy (non-hydrogen) atoms. The Bertz CT molecular complexity index is 598. The van der Waals surface area contributed by atoms with E-state index >= 15 is 0 Å². The number of aliphatic hydroxyl groups is 1. The monoisotopic (exact) mass is 304 g/mol. The van der Waals surface area contributed by atoms with Crippen LogP contribution in [-0.4, -0.2) is 25.8 Å². The van der Waals surface area contributed by atoms with Crippen molar-refractivity contribution in [3.05, 3.63) is 59.1 Å². The van der Waals surface area contributed by atoms with Crippen molar-refractivity contribution in [2.24, 2.45) is 0 Å². The third kappa shape index (κ3) is 3.49. The van der Waals surface area contributed by atoms with Gasteiger partial charge in [0.2, 0.25) is 0 Å². The van der Waals surface area contributed by atoms with E-state index in [2.05, 4.69) is 5.32 Å². The lowest BCUT2D eigenvalue weighted by Gasteiger charge is -2.31. The zero-order valence-electron chi connectivity index (χ0n) is 12.6. The molecule has 0 aliphatic heterocycles. The van der Waals surface area contributed by atoms with Crippen LogP contribution < -0.4 is 10.2 Å². The van der Waals surface area contributed by atoms with Crippen LogP contribution in [0, 0.1) is 0 Å². The molecule has 2 N–H and O–H groups in total. The molecule has 1 atom stereocenters. The molecule has 4 heteroatoms. The van der Waals surface area contributed by atoms with Gasteiger partial charge in [-0.15, -0.1) is 0 Å². The number of hydrogen-bond donors (Lipinski definition) is 2. The first-order valence-electron chi connectivity index (χ1n) is 6.88. The van der Waals surface area contributed by atoms with E-state index in [1.165, 1.54) is 0 Å². The fraction of sp³-hybridized carbons (Fsp3) is 0.294. The van der Waals surface area contributed by atoms with Gasteiger partial charge in [-0.2, -0.15) is 0 Å². The quantitative estimate of drug-likeness (QED) is 0.883. The first kappa shape index (κ1) is 15.7. The summed E-state index contributed by atoms with van der Waals surface area (Å²) in [6, 6.07) is 15.7. The average Bonchev–Trinajstić information content (AvgIpc) is 2.49. The molecule has 1 unspecified atom stereocenters. The van der Waals surface area contributed by atoms with Crippen molar-refractivity contribution in [2.75, 3.05) is 30.9 Å². The molecule has 0 aromatic heterocycles. The molecule has 0 amide bonds. The number of nitrogens with zero attached hydrogens (tertiary/aromatic N) is 1. The second-order valence-electron chi connectivity index (χ2n) is 5.54. The molecular weight excluding hydrogens is 284 g/mol. The molecule has 0 saturated heterocycles. The predicted molar refractivity (Wildman–Crippen MR) is 90.3 cm³/mol. The van der Waals surface area contributed by atoms with Crippen molar-refractivity contribution in [2.45, 2.75) is 12.5 Å². The Hall–Kier alpha value is -1.71. The van der Waals surface area contributed by atoms with E-state index in [1.54, 1.807) is 0 Å². The number of halogens is 1. The molecule has 112 valence electrons. The molecule has 3 nitrogen and oxygen atoms in total. The van der Waals surface area contributed by atoms with Crippen molar-refractivity contribution in [1.29, 1.82) is 0 Å². The first-order chi connectivity index (χ1) is 9.96. The summed E-state index contributed by atoms with van der Waals surface area (Å²) in [4.78, 5) is 2.04. The van der Waals surface area contributed by atoms with E-state index < -0.39 is 5.54 Å². The van der Waals surface area contributed by atoms with Gasteiger partial charge in [0.25, 0.3) is 0 Å². The molecule has 0 bridgehead atoms. The molecule has 0 aliphatic rings. The Morgan fingerprint density at radius 3 is 2.24 bits per heavy atom. The maximum atomic E-state index is 9.85. The van der Waals surface area contributed by atoms with E-state index in [0.717, 1.165) is 16.9 Å². The molecule has 0 spiro atoms. The minimum Gasteiger partial charge on any atom is -0.394 e. The van der Waals surface area contributed by atoms with E-state index in [0.29, 0.717) is 5.02 Å². The van der Waals surface area contributed by atoms with Gasteiger partial charge in [0.1, 0.15) is 0 Å². The summed E-state index contributed by atoms with van der Waals surface area (Å²) in [5.74, 6) is 0. The fourth-order valence-corrected chi connectivity index (χ4v) is 2.37. The number of hydrogen-bond acceptors (Lipinski definition) is 3. The topological polar surface area (TPSA) is 35.5 Å². The lowest BCUT2D eigenvalue weighted by Crippen LogP contribution is -2.36. The highest BCUT2D eigenvalue weighted by atomic mass is 35.5. The molecule has 0 fully saturated rings. The summed E-state index contributed by atoms with van der Waals surface area (Å²) in [5, 5.41) is 13.8. The minimum atomic E-state index is -0.587. The largest absolute Gasteiger partial charge is 0.394 e. The Morgan fingerprint density at radius 1 is 1.10 bits per heavy atom. The number of aliphatic hydroxyl groups excluding tert-OH is 1. The second kappa shape index (κ2) is 6.37. The van der Waals surface area contributed by atoms with Gasteiger partial charge in [-0.1, -0.05) is 35.9 Å². The summed E-state index contributed by atoms with van der Waals surface area (Å²) in [7, 11) is 4.00. The lowest BCUT2D eigenvalue weighted by atomic mass is 9.92. The average molecular weight is 305 g/mol. The van der Waals surface area contributed by atoms with Gasteiger partial charge in [-0.05, 0) is 36.8 Å². The van der Waals surface area contributed by atoms with Gasteiger partial charge in [0, 0.05) is 19.8 Å². The van der Waals surface area contributed by atoms with E-state index in [9.17, 15) is 5.11 Å². The molecule has 2 aromatic rings. The Morgan fingerprint density at radius 2 is 1.71 bits per heavy atom. The normalized spacial score (nSPS) is 13.6. The molecule has 0 heterocycles. The van der Waals surface area contributed by atoms with Gasteiger partial charge in [0.05, 0.1) is 22.9 Å². The third-order valence-electron chi connectivity index (χ3n) is 3.62. The number of rotatable bonds is 5. The standard InChI is InChI=1S/C17H21ClN2O/c1-17(12-21,19-16-7-5-4-6-15(16)18)13-8-10-14(11-9-13)20(2)3/h4-11,19,21H,12H2,1-3H3. The predicted octanol–water partition coefficient (Wildman–Crippen LogP) is 3.73. The van der Waals surface area contributed by atoms with Gasteiger partial charge < -0.3 is 15.3 Å². The Labute approximate surface area is 131 Å². The van der Waals surface area contributed by atoms with Crippen LogP contribution in [0.5, 0.6) is 0 Å². The summed E-state index contributed by atoms with van der Waals surface area (Å²) in [5.41, 5.74) is 2.36. The molecule has 2 rings (SSSR count). The minimum absolute atomic E-state index is 0.0282. The smallest absolute Gasteiger partial charge is 0.0828 e. The van der Waals surface area contributed by atoms with Crippen LogP contribution in [0.25, 0.3) is 0 Å². The first-order valence-corrected chi connectivity index (χ1v) is 7.25. The van der Waals surface area contributed by atoms with Crippen LogP contribution in [0.2, 0.25) is 5.02 Å². The summed E-state index contributed by atoms with van der Waals surface area (Å²) >= 11 is 6.19. The van der Waals surface area contributed by atoms with Crippen molar-refractivity contribution < 1.29 is 5.11 Å². The molecule has 2 aromatic carbocycles. The van der Waals surface area contributed by atoms with Crippen molar-refractivity contribution in [3.63, 3.8) is 0 Å². The van der Waals surface area contributed by atoms with Gasteiger partial charge in [-0.25, -0.2) is 0 Å². The SMILES string of the molecule is CN(C)c1ccc(C(C)(CO)Nc2ccccc2Cl)cc1. The van der Waals surface area contributed by atoms with E-state index in [4.69, 9.17) is 11.6 Å². The lowest BCUT2D eigenvalue weighted by molar-refractivity contribution is 0.224. The van der Waals surface area contributed by atoms with Gasteiger partial charge in [0.15, 0.2) is 0 Å². The molecule has 0 radical (unpaired) electrons. The Kier molecular flexibility index (Phi) is 4.76. The zero-order valence-corrected chi connectivity index (χ0v) is 13.4. The Balaban J connectivity index is 2.30. The van der Waals surface area contributed by atoms with Gasteiger partial charge in [-0.3, -0.25) is 0 Å². The maximum Gasteiger partial charge on any atom is 0.0828 e. The van der Waals surface area contributed by atoms with Crippen LogP contribution in [0.4, 0.5) is 11.4 Å². The van der Waals surface area contributed by atoms with Crippen LogP contribution in [-0.2, 0) is 5.54 Å². The number of nitrogens with one attached hydrogen (secondary N) is 1. The van der Waals surface area contributed by atoms with Crippen LogP contribution in [0.3, 0.4) is 0 Å². The molecular formula is C17H21ClN2O. The van der Waals surface area contributed by atoms with Gasteiger partial charge >= 0.3 is 0 Å². The molecule has 0 aliphatic carbocycles. The third-order valence-corrected chi connectivity index (χ3v) is 3.95. The highest BCUT2D eigenvalue weighted by Crippen LogP contribution is 2.30. The highest BCUT2D eigenvalue weighted by Gasteiger charge is 2.26. The van der Waals surface area contributed by atoms with Crippen molar-refractivity contribution >= 4 is 23.0 Å². The van der Waals surface area contributed by atoms with E-state index in [-0.39, 0.29) is 6.61 Å². The van der Waals surface area contributed by atoms with Crippen LogP contribution >= 0.6 is 11.6 Å². The summed E-state index contributed by atoms with van der Waals surface area (Å²) in [6.07, 6.45) is 0. The number of benzene rings is 2. The summed E-state index contributed by atoms with van der Waals surface area (Å²) in [6.45, 7) is 1.93. The zero-order chi connectivity index (χ0) is 15.5. The number of para-hydroxylation sites is 1. The maximum absolute atomic E-state index is 9.85. The van der Waals surface area contributed by atoms with Crippen LogP contribution in [0.15, 0.2) is 48.5 Å².